The Kier molecular flexibility index (Phi) is 10.4. The van der Waals surface area contributed by atoms with Crippen LogP contribution in [0.2, 0.25) is 0 Å². The van der Waals surface area contributed by atoms with E-state index in [0.29, 0.717) is 16.9 Å². The Morgan fingerprint density at radius 1 is 1.05 bits per heavy atom. The zero-order valence-electron chi connectivity index (χ0n) is 24.9. The zero-order chi connectivity index (χ0) is 32.0. The minimum atomic E-state index is -4.01. The number of nitrogens with two attached hydrogens (primary N) is 1. The van der Waals surface area contributed by atoms with Gasteiger partial charge in [-0.3, -0.25) is 14.5 Å². The van der Waals surface area contributed by atoms with E-state index in [1.165, 1.54) is 40.4 Å². The summed E-state index contributed by atoms with van der Waals surface area (Å²) in [7, 11) is -4.01. The largest absolute Gasteiger partial charge is 0.434 e. The number of Topliss-reactive ketones (excluding diaryl/α,β-unsaturated/α-hetero) is 1. The first kappa shape index (κ1) is 32.6. The van der Waals surface area contributed by atoms with Gasteiger partial charge in [-0.15, -0.1) is 0 Å². The molecular formula is C32H38N4O7S. The second kappa shape index (κ2) is 14.0. The van der Waals surface area contributed by atoms with Crippen LogP contribution in [0.4, 0.5) is 16.2 Å². The van der Waals surface area contributed by atoms with Gasteiger partial charge in [0.05, 0.1) is 23.6 Å². The van der Waals surface area contributed by atoms with Crippen molar-refractivity contribution in [2.75, 3.05) is 30.3 Å². The minimum Gasteiger partial charge on any atom is -0.434 e. The normalized spacial score (nSPS) is 16.5. The molecule has 234 valence electrons. The maximum atomic E-state index is 13.6. The molecule has 0 spiro atoms. The number of nitrogens with zero attached hydrogens (tertiary/aromatic N) is 2. The Labute approximate surface area is 257 Å². The summed E-state index contributed by atoms with van der Waals surface area (Å²) in [6.45, 7) is 4.88. The van der Waals surface area contributed by atoms with Gasteiger partial charge in [-0.1, -0.05) is 56.3 Å². The van der Waals surface area contributed by atoms with Gasteiger partial charge in [0.25, 0.3) is 5.91 Å². The molecule has 11 nitrogen and oxygen atoms in total. The van der Waals surface area contributed by atoms with Crippen molar-refractivity contribution in [2.45, 2.75) is 50.3 Å². The number of rotatable bonds is 13. The van der Waals surface area contributed by atoms with E-state index in [-0.39, 0.29) is 42.7 Å². The third-order valence-corrected chi connectivity index (χ3v) is 9.08. The van der Waals surface area contributed by atoms with E-state index in [0.717, 1.165) is 5.56 Å². The molecule has 0 aromatic heterocycles. The summed E-state index contributed by atoms with van der Waals surface area (Å²) in [5, 5.41) is 14.3. The number of amides is 2. The number of carbonyl (C=O) groups excluding carboxylic acids is 3. The molecule has 0 bridgehead atoms. The lowest BCUT2D eigenvalue weighted by atomic mass is 10.0. The monoisotopic (exact) mass is 622 g/mol. The third kappa shape index (κ3) is 8.01. The summed E-state index contributed by atoms with van der Waals surface area (Å²) < 4.78 is 33.8. The molecule has 0 aliphatic carbocycles. The highest BCUT2D eigenvalue weighted by Gasteiger charge is 2.39. The topological polar surface area (TPSA) is 159 Å². The van der Waals surface area contributed by atoms with E-state index in [9.17, 15) is 27.9 Å². The molecule has 0 radical (unpaired) electrons. The van der Waals surface area contributed by atoms with Crippen LogP contribution in [0.15, 0.2) is 83.8 Å². The number of hydrogen-bond acceptors (Lipinski definition) is 8. The summed E-state index contributed by atoms with van der Waals surface area (Å²) >= 11 is 0. The van der Waals surface area contributed by atoms with Crippen molar-refractivity contribution in [3.63, 3.8) is 0 Å². The Morgan fingerprint density at radius 3 is 2.36 bits per heavy atom. The van der Waals surface area contributed by atoms with Crippen LogP contribution in [-0.2, 0) is 26.0 Å². The van der Waals surface area contributed by atoms with Crippen LogP contribution in [0.3, 0.4) is 0 Å². The summed E-state index contributed by atoms with van der Waals surface area (Å²) in [5.41, 5.74) is 7.80. The summed E-state index contributed by atoms with van der Waals surface area (Å²) in [6, 6.07) is 20.5. The highest BCUT2D eigenvalue weighted by Crippen LogP contribution is 2.24. The molecule has 12 heteroatoms. The minimum absolute atomic E-state index is 0.0370. The Hall–Kier alpha value is -4.26. The first-order chi connectivity index (χ1) is 20.8. The molecule has 0 saturated carbocycles. The predicted molar refractivity (Wildman–Crippen MR) is 167 cm³/mol. The van der Waals surface area contributed by atoms with Crippen LogP contribution < -0.4 is 16.0 Å². The Balaban J connectivity index is 1.55. The van der Waals surface area contributed by atoms with Crippen molar-refractivity contribution in [2.24, 2.45) is 5.92 Å². The maximum absolute atomic E-state index is 13.6. The SMILES string of the molecule is CC(=O)c1cccc(N2C[C@@H](C(=O)N[C@@H](Cc3ccccc3)[C@H](O)CN(CC(C)C)S(=O)(=O)c3ccc(N)cc3)OC2=O)c1. The Bertz CT molecular complexity index is 1580. The van der Waals surface area contributed by atoms with Gasteiger partial charge in [-0.05, 0) is 61.2 Å². The number of anilines is 2. The van der Waals surface area contributed by atoms with Gasteiger partial charge in [0.15, 0.2) is 11.9 Å². The van der Waals surface area contributed by atoms with Crippen molar-refractivity contribution < 1.29 is 32.6 Å². The predicted octanol–water partition coefficient (Wildman–Crippen LogP) is 3.23. The summed E-state index contributed by atoms with van der Waals surface area (Å²) in [5.74, 6) is -0.866. The molecule has 4 rings (SSSR count). The summed E-state index contributed by atoms with van der Waals surface area (Å²) in [4.78, 5) is 39.3. The van der Waals surface area contributed by atoms with Crippen LogP contribution in [-0.4, -0.2) is 73.5 Å². The lowest BCUT2D eigenvalue weighted by Gasteiger charge is -2.31. The molecule has 1 aliphatic heterocycles. The highest BCUT2D eigenvalue weighted by molar-refractivity contribution is 7.89. The van der Waals surface area contributed by atoms with Crippen molar-refractivity contribution >= 4 is 39.2 Å². The van der Waals surface area contributed by atoms with Gasteiger partial charge in [0, 0.05) is 30.0 Å². The van der Waals surface area contributed by atoms with Crippen molar-refractivity contribution in [1.82, 2.24) is 9.62 Å². The standard InChI is InChI=1S/C32H38N4O7S/c1-21(2)18-35(44(41,42)27-14-12-25(33)13-15-27)19-29(38)28(16-23-8-5-4-6-9-23)34-31(39)30-20-36(32(40)43-30)26-11-7-10-24(17-26)22(3)37/h4-15,17,21,28-30,38H,16,18-20,33H2,1-3H3,(H,34,39)/t28-,29+,30-/m0/s1. The van der Waals surface area contributed by atoms with Crippen molar-refractivity contribution in [1.29, 1.82) is 0 Å². The average Bonchev–Trinajstić information content (AvgIpc) is 3.38. The molecular weight excluding hydrogens is 584 g/mol. The molecule has 1 aliphatic rings. The quantitative estimate of drug-likeness (QED) is 0.194. The fourth-order valence-corrected chi connectivity index (χ4v) is 6.55. The molecule has 3 aromatic carbocycles. The fourth-order valence-electron chi connectivity index (χ4n) is 4.93. The number of benzene rings is 3. The van der Waals surface area contributed by atoms with Crippen LogP contribution in [0.5, 0.6) is 0 Å². The third-order valence-electron chi connectivity index (χ3n) is 7.24. The van der Waals surface area contributed by atoms with E-state index in [1.54, 1.807) is 24.3 Å². The van der Waals surface area contributed by atoms with Crippen LogP contribution in [0.1, 0.15) is 36.7 Å². The van der Waals surface area contributed by atoms with Crippen LogP contribution >= 0.6 is 0 Å². The van der Waals surface area contributed by atoms with Gasteiger partial charge < -0.3 is 20.9 Å². The number of hydrogen-bond donors (Lipinski definition) is 3. The lowest BCUT2D eigenvalue weighted by molar-refractivity contribution is -0.129. The number of cyclic esters (lactones) is 1. The number of aliphatic hydroxyl groups excluding tert-OH is 1. The number of ketones is 1. The van der Waals surface area contributed by atoms with Crippen molar-refractivity contribution in [3.05, 3.63) is 90.0 Å². The zero-order valence-corrected chi connectivity index (χ0v) is 25.7. The summed E-state index contributed by atoms with van der Waals surface area (Å²) in [6.07, 6.45) is -3.07. The van der Waals surface area contributed by atoms with Crippen LogP contribution in [0, 0.1) is 5.92 Å². The molecule has 1 saturated heterocycles. The molecule has 3 atom stereocenters. The Morgan fingerprint density at radius 2 is 1.73 bits per heavy atom. The van der Waals surface area contributed by atoms with Crippen LogP contribution in [0.25, 0.3) is 0 Å². The molecule has 44 heavy (non-hydrogen) atoms. The number of nitrogen functional groups attached to an aromatic ring is 1. The number of nitrogens with one attached hydrogen (secondary N) is 1. The van der Waals surface area contributed by atoms with Crippen molar-refractivity contribution in [3.8, 4) is 0 Å². The highest BCUT2D eigenvalue weighted by atomic mass is 32.2. The number of carbonyl (C=O) groups is 3. The molecule has 0 unspecified atom stereocenters. The van der Waals surface area contributed by atoms with E-state index < -0.39 is 40.3 Å². The number of sulfonamides is 1. The number of ether oxygens (including phenoxy) is 1. The fraction of sp³-hybridized carbons (Fsp3) is 0.344. The molecule has 3 aromatic rings. The second-order valence-corrected chi connectivity index (χ2v) is 13.2. The van der Waals surface area contributed by atoms with E-state index in [1.807, 2.05) is 44.2 Å². The van der Waals surface area contributed by atoms with E-state index in [4.69, 9.17) is 10.5 Å². The van der Waals surface area contributed by atoms with Gasteiger partial charge in [0.2, 0.25) is 10.0 Å². The first-order valence-electron chi connectivity index (χ1n) is 14.3. The molecule has 2 amide bonds. The van der Waals surface area contributed by atoms with Gasteiger partial charge in [-0.25, -0.2) is 13.2 Å². The smallest absolute Gasteiger partial charge is 0.415 e. The molecule has 1 heterocycles. The van der Waals surface area contributed by atoms with Gasteiger partial charge in [0.1, 0.15) is 0 Å². The lowest BCUT2D eigenvalue weighted by Crippen LogP contribution is -2.53. The first-order valence-corrected chi connectivity index (χ1v) is 15.8. The van der Waals surface area contributed by atoms with Gasteiger partial charge in [-0.2, -0.15) is 4.31 Å². The molecule has 4 N–H and O–H groups in total. The van der Waals surface area contributed by atoms with E-state index >= 15 is 0 Å². The number of aliphatic hydroxyl groups is 1. The maximum Gasteiger partial charge on any atom is 0.415 e. The van der Waals surface area contributed by atoms with E-state index in [2.05, 4.69) is 5.32 Å². The van der Waals surface area contributed by atoms with Gasteiger partial charge >= 0.3 is 6.09 Å². The average molecular weight is 623 g/mol. The second-order valence-electron chi connectivity index (χ2n) is 11.2. The molecule has 1 fully saturated rings.